The molecule has 1 aliphatic carbocycles. The summed E-state index contributed by atoms with van der Waals surface area (Å²) >= 11 is 12.0. The summed E-state index contributed by atoms with van der Waals surface area (Å²) in [4.78, 5) is 41.3. The fourth-order valence-electron chi connectivity index (χ4n) is 4.73. The van der Waals surface area contributed by atoms with E-state index in [2.05, 4.69) is 15.4 Å². The number of benzene rings is 2. The quantitative estimate of drug-likeness (QED) is 0.335. The molecule has 1 unspecified atom stereocenters. The van der Waals surface area contributed by atoms with Crippen LogP contribution in [0.4, 0.5) is 23.2 Å². The van der Waals surface area contributed by atoms with Gasteiger partial charge in [-0.1, -0.05) is 18.2 Å². The van der Waals surface area contributed by atoms with Crippen LogP contribution in [0.1, 0.15) is 37.8 Å². The Hall–Kier alpha value is -3.05. The van der Waals surface area contributed by atoms with Crippen LogP contribution >= 0.6 is 23.2 Å². The van der Waals surface area contributed by atoms with Gasteiger partial charge in [0, 0.05) is 18.2 Å². The van der Waals surface area contributed by atoms with Crippen LogP contribution in [0.3, 0.4) is 0 Å². The number of aryl methyl sites for hydroxylation is 1. The van der Waals surface area contributed by atoms with E-state index in [9.17, 15) is 31.9 Å². The van der Waals surface area contributed by atoms with E-state index in [1.165, 1.54) is 41.3 Å². The molecule has 1 heterocycles. The Morgan fingerprint density at radius 3 is 2.48 bits per heavy atom. The van der Waals surface area contributed by atoms with Crippen LogP contribution in [0.25, 0.3) is 0 Å². The summed E-state index contributed by atoms with van der Waals surface area (Å²) in [6.07, 6.45) is -4.82. The largest absolute Gasteiger partial charge is 0.573 e. The minimum atomic E-state index is -4.98. The summed E-state index contributed by atoms with van der Waals surface area (Å²) < 4.78 is 55.7. The zero-order valence-electron chi connectivity index (χ0n) is 21.5. The zero-order chi connectivity index (χ0) is 29.4. The van der Waals surface area contributed by atoms with Gasteiger partial charge in [-0.15, -0.1) is 36.4 Å². The number of para-hydroxylation sites is 1. The number of hydrogen-bond acceptors (Lipinski definition) is 4. The van der Waals surface area contributed by atoms with E-state index in [0.29, 0.717) is 11.3 Å². The van der Waals surface area contributed by atoms with Crippen molar-refractivity contribution in [2.24, 2.45) is 5.92 Å². The van der Waals surface area contributed by atoms with Gasteiger partial charge in [0.25, 0.3) is 0 Å². The van der Waals surface area contributed by atoms with Crippen molar-refractivity contribution >= 4 is 46.6 Å². The van der Waals surface area contributed by atoms with Crippen LogP contribution < -0.4 is 20.3 Å². The smallest absolute Gasteiger partial charge is 0.406 e. The van der Waals surface area contributed by atoms with E-state index in [1.54, 1.807) is 13.8 Å². The van der Waals surface area contributed by atoms with E-state index < -0.39 is 58.0 Å². The summed E-state index contributed by atoms with van der Waals surface area (Å²) in [7, 11) is 0. The predicted octanol–water partition coefficient (Wildman–Crippen LogP) is 4.82. The molecule has 1 fully saturated rings. The van der Waals surface area contributed by atoms with Crippen molar-refractivity contribution in [1.29, 1.82) is 0 Å². The van der Waals surface area contributed by atoms with Gasteiger partial charge in [0.2, 0.25) is 17.7 Å². The summed E-state index contributed by atoms with van der Waals surface area (Å²) in [6, 6.07) is 6.55. The Morgan fingerprint density at radius 1 is 1.18 bits per heavy atom. The van der Waals surface area contributed by atoms with Gasteiger partial charge in [0.05, 0.1) is 5.92 Å². The number of ether oxygens (including phenoxy) is 1. The average molecular weight is 604 g/mol. The molecule has 3 atom stereocenters. The number of rotatable bonds is 8. The number of nitrogens with one attached hydrogen (secondary N) is 2. The van der Waals surface area contributed by atoms with Crippen molar-refractivity contribution in [3.63, 3.8) is 0 Å². The molecule has 0 saturated heterocycles. The summed E-state index contributed by atoms with van der Waals surface area (Å²) in [5.41, 5.74) is 1.12. The summed E-state index contributed by atoms with van der Waals surface area (Å²) in [6.45, 7) is 3.55. The first-order chi connectivity index (χ1) is 18.7. The maximum Gasteiger partial charge on any atom is 0.573 e. The number of fused-ring (bicyclic) bond motifs is 1. The van der Waals surface area contributed by atoms with E-state index in [0.717, 1.165) is 6.07 Å². The van der Waals surface area contributed by atoms with Crippen LogP contribution in [-0.4, -0.2) is 46.5 Å². The van der Waals surface area contributed by atoms with Gasteiger partial charge in [-0.25, -0.2) is 4.39 Å². The molecule has 0 bridgehead atoms. The molecule has 2 aliphatic rings. The Labute approximate surface area is 238 Å². The minimum absolute atomic E-state index is 0.00189. The van der Waals surface area contributed by atoms with Crippen LogP contribution in [0.5, 0.6) is 5.75 Å². The molecular weight excluding hydrogens is 577 g/mol. The maximum absolute atomic E-state index is 13.9. The molecule has 1 saturated carbocycles. The lowest BCUT2D eigenvalue weighted by atomic mass is 10.0. The van der Waals surface area contributed by atoms with Gasteiger partial charge in [-0.3, -0.25) is 14.4 Å². The third-order valence-corrected chi connectivity index (χ3v) is 7.61. The van der Waals surface area contributed by atoms with E-state index >= 15 is 0 Å². The summed E-state index contributed by atoms with van der Waals surface area (Å²) in [5.74, 6) is -3.71. The highest BCUT2D eigenvalue weighted by Gasteiger charge is 2.56. The van der Waals surface area contributed by atoms with E-state index in [-0.39, 0.29) is 37.3 Å². The molecule has 2 aromatic carbocycles. The van der Waals surface area contributed by atoms with Crippen LogP contribution in [0, 0.1) is 11.7 Å². The number of amides is 3. The summed E-state index contributed by atoms with van der Waals surface area (Å²) in [5, 5.41) is 5.17. The van der Waals surface area contributed by atoms with Crippen molar-refractivity contribution in [3.05, 3.63) is 59.4 Å². The monoisotopic (exact) mass is 603 g/mol. The molecule has 2 N–H and O–H groups in total. The second kappa shape index (κ2) is 11.4. The number of hydrogen-bond donors (Lipinski definition) is 2. The predicted molar refractivity (Wildman–Crippen MR) is 141 cm³/mol. The third kappa shape index (κ3) is 6.98. The Morgan fingerprint density at radius 2 is 1.85 bits per heavy atom. The fraction of sp³-hybridized carbons (Fsp3) is 0.444. The van der Waals surface area contributed by atoms with Gasteiger partial charge in [-0.2, -0.15) is 0 Å². The molecule has 0 radical (unpaired) electrons. The third-order valence-electron chi connectivity index (χ3n) is 6.77. The lowest BCUT2D eigenvalue weighted by molar-refractivity contribution is -0.274. The molecule has 40 heavy (non-hydrogen) atoms. The minimum Gasteiger partial charge on any atom is -0.406 e. The number of carbonyl (C=O) groups excluding carboxylic acids is 3. The first-order valence-corrected chi connectivity index (χ1v) is 13.4. The SMILES string of the molecule is CC(C)N1C(=O)[C@H](NC(=O)[C@@H](Cc2ccccc2OC(F)(F)F)NC(=O)C2CC2(Cl)Cl)CCc2cc(F)ccc21. The number of anilines is 1. The topological polar surface area (TPSA) is 87.7 Å². The normalized spacial score (nSPS) is 20.8. The van der Waals surface area contributed by atoms with Gasteiger partial charge in [-0.05, 0) is 68.5 Å². The highest BCUT2D eigenvalue weighted by atomic mass is 35.5. The molecule has 0 aromatic heterocycles. The van der Waals surface area contributed by atoms with Gasteiger partial charge in [0.1, 0.15) is 28.0 Å². The molecule has 0 spiro atoms. The maximum atomic E-state index is 13.9. The van der Waals surface area contributed by atoms with Gasteiger partial charge < -0.3 is 20.3 Å². The number of alkyl halides is 5. The second-order valence-corrected chi connectivity index (χ2v) is 11.7. The molecule has 1 aliphatic heterocycles. The van der Waals surface area contributed by atoms with Crippen LogP contribution in [0.2, 0.25) is 0 Å². The van der Waals surface area contributed by atoms with Crippen molar-refractivity contribution in [3.8, 4) is 5.75 Å². The Kier molecular flexibility index (Phi) is 8.56. The lowest BCUT2D eigenvalue weighted by Crippen LogP contribution is -2.56. The Balaban J connectivity index is 1.59. The van der Waals surface area contributed by atoms with Crippen LogP contribution in [0.15, 0.2) is 42.5 Å². The van der Waals surface area contributed by atoms with Gasteiger partial charge >= 0.3 is 6.36 Å². The number of halogens is 6. The van der Waals surface area contributed by atoms with Gasteiger partial charge in [0.15, 0.2) is 0 Å². The molecule has 4 rings (SSSR count). The molecule has 216 valence electrons. The highest BCUT2D eigenvalue weighted by molar-refractivity contribution is 6.52. The Bertz CT molecular complexity index is 1300. The van der Waals surface area contributed by atoms with Crippen LogP contribution in [-0.2, 0) is 27.2 Å². The number of nitrogens with zero attached hydrogens (tertiary/aromatic N) is 1. The molecule has 7 nitrogen and oxygen atoms in total. The lowest BCUT2D eigenvalue weighted by Gasteiger charge is -2.30. The molecule has 2 aromatic rings. The zero-order valence-corrected chi connectivity index (χ0v) is 23.0. The fourth-order valence-corrected chi connectivity index (χ4v) is 5.24. The molecule has 13 heteroatoms. The van der Waals surface area contributed by atoms with Crippen molar-refractivity contribution in [2.45, 2.75) is 68.4 Å². The number of carbonyl (C=O) groups is 3. The molecule has 3 amide bonds. The second-order valence-electron chi connectivity index (χ2n) is 10.1. The average Bonchev–Trinajstić information content (AvgIpc) is 3.52. The van der Waals surface area contributed by atoms with E-state index in [1.807, 2.05) is 0 Å². The van der Waals surface area contributed by atoms with Crippen molar-refractivity contribution in [1.82, 2.24) is 10.6 Å². The van der Waals surface area contributed by atoms with Crippen molar-refractivity contribution in [2.75, 3.05) is 4.90 Å². The van der Waals surface area contributed by atoms with E-state index in [4.69, 9.17) is 23.2 Å². The first kappa shape index (κ1) is 29.9. The van der Waals surface area contributed by atoms with Crippen molar-refractivity contribution < 1.29 is 36.7 Å². The highest BCUT2D eigenvalue weighted by Crippen LogP contribution is 2.53. The molecular formula is C27H27Cl2F4N3O4. The standard InChI is InChI=1S/C27H27Cl2F4N3O4/c1-14(2)36-21-10-8-17(30)11-15(21)7-9-19(25(36)39)34-24(38)20(35-23(37)18-13-26(18,28)29)12-16-5-3-4-6-22(16)40-27(31,32)33/h3-6,8,10-11,14,18-20H,7,9,12-13H2,1-2H3,(H,34,38)(H,35,37)/t18?,19-,20-/m1/s1. The first-order valence-electron chi connectivity index (χ1n) is 12.6.